The number of nitrogens with zero attached hydrogens (tertiary/aromatic N) is 1. The zero-order chi connectivity index (χ0) is 18.4. The normalized spacial score (nSPS) is 16.0. The third-order valence-corrected chi connectivity index (χ3v) is 4.92. The molecule has 0 radical (unpaired) electrons. The average Bonchev–Trinajstić information content (AvgIpc) is 3.13. The first-order chi connectivity index (χ1) is 11.9. The van der Waals surface area contributed by atoms with Crippen molar-refractivity contribution in [2.45, 2.75) is 52.2 Å². The van der Waals surface area contributed by atoms with Crippen molar-refractivity contribution in [2.24, 2.45) is 11.8 Å². The average molecular weight is 346 g/mol. The number of hydrogen-bond donors (Lipinski definition) is 2. The molecule has 1 saturated carbocycles. The van der Waals surface area contributed by atoms with E-state index in [1.165, 1.54) is 12.8 Å². The second-order valence-electron chi connectivity index (χ2n) is 7.37. The van der Waals surface area contributed by atoms with Gasteiger partial charge in [0.25, 0.3) is 5.91 Å². The number of nitrogens with one attached hydrogen (secondary N) is 1. The van der Waals surface area contributed by atoms with Crippen molar-refractivity contribution in [1.82, 2.24) is 10.2 Å². The van der Waals surface area contributed by atoms with E-state index in [0.29, 0.717) is 24.6 Å². The van der Waals surface area contributed by atoms with Crippen LogP contribution in [-0.4, -0.2) is 41.5 Å². The van der Waals surface area contributed by atoms with Gasteiger partial charge in [-0.25, -0.2) is 0 Å². The first kappa shape index (κ1) is 19.4. The minimum absolute atomic E-state index is 0.0265. The lowest BCUT2D eigenvalue weighted by Gasteiger charge is -2.20. The molecular formula is C20H30N2O3. The van der Waals surface area contributed by atoms with Crippen LogP contribution in [-0.2, 0) is 11.3 Å². The Bertz CT molecular complexity index is 577. The summed E-state index contributed by atoms with van der Waals surface area (Å²) in [5.41, 5.74) is 1.55. The van der Waals surface area contributed by atoms with Crippen LogP contribution in [0.15, 0.2) is 24.3 Å². The minimum atomic E-state index is -0.457. The van der Waals surface area contributed by atoms with Crippen molar-refractivity contribution < 1.29 is 14.7 Å². The third-order valence-electron chi connectivity index (χ3n) is 4.92. The van der Waals surface area contributed by atoms with Crippen LogP contribution in [0.4, 0.5) is 0 Å². The van der Waals surface area contributed by atoms with Crippen LogP contribution in [0, 0.1) is 11.8 Å². The van der Waals surface area contributed by atoms with Crippen molar-refractivity contribution in [3.63, 3.8) is 0 Å². The van der Waals surface area contributed by atoms with Crippen molar-refractivity contribution >= 4 is 11.8 Å². The lowest BCUT2D eigenvalue weighted by atomic mass is 10.0. The molecule has 1 aliphatic rings. The lowest BCUT2D eigenvalue weighted by Crippen LogP contribution is -2.35. The second kappa shape index (κ2) is 8.99. The Kier molecular flexibility index (Phi) is 7.00. The molecule has 5 heteroatoms. The molecule has 1 unspecified atom stereocenters. The van der Waals surface area contributed by atoms with E-state index in [9.17, 15) is 14.7 Å². The maximum absolute atomic E-state index is 12.2. The molecule has 138 valence electrons. The van der Waals surface area contributed by atoms with Crippen molar-refractivity contribution in [3.8, 4) is 0 Å². The number of benzene rings is 1. The molecule has 1 aliphatic carbocycles. The highest BCUT2D eigenvalue weighted by Crippen LogP contribution is 2.27. The molecule has 1 aromatic rings. The molecule has 0 aromatic heterocycles. The van der Waals surface area contributed by atoms with E-state index >= 15 is 0 Å². The topological polar surface area (TPSA) is 69.6 Å². The fraction of sp³-hybridized carbons (Fsp3) is 0.600. The zero-order valence-electron chi connectivity index (χ0n) is 15.5. The molecule has 1 aromatic carbocycles. The van der Waals surface area contributed by atoms with Gasteiger partial charge in [-0.2, -0.15) is 0 Å². The summed E-state index contributed by atoms with van der Waals surface area (Å²) in [6, 6.07) is 7.26. The van der Waals surface area contributed by atoms with E-state index in [-0.39, 0.29) is 17.7 Å². The van der Waals surface area contributed by atoms with Gasteiger partial charge in [0.1, 0.15) is 0 Å². The molecule has 0 spiro atoms. The number of amides is 2. The highest BCUT2D eigenvalue weighted by Gasteiger charge is 2.23. The van der Waals surface area contributed by atoms with Crippen molar-refractivity contribution in [3.05, 3.63) is 35.4 Å². The molecule has 25 heavy (non-hydrogen) atoms. The van der Waals surface area contributed by atoms with Crippen molar-refractivity contribution in [2.75, 3.05) is 13.6 Å². The maximum atomic E-state index is 12.2. The standard InChI is InChI=1S/C20H30N2O3/c1-14(2)20(25)22(3)13-15-8-10-17(11-9-15)19(24)21-12-18(23)16-6-4-5-7-16/h8-11,14,16,18,23H,4-7,12-13H2,1-3H3,(H,21,24). The summed E-state index contributed by atoms with van der Waals surface area (Å²) in [6.45, 7) is 4.59. The maximum Gasteiger partial charge on any atom is 0.251 e. The van der Waals surface area contributed by atoms with Crippen LogP contribution in [0.3, 0.4) is 0 Å². The lowest BCUT2D eigenvalue weighted by molar-refractivity contribution is -0.133. The van der Waals surface area contributed by atoms with Crippen LogP contribution in [0.2, 0.25) is 0 Å². The molecule has 5 nitrogen and oxygen atoms in total. The Morgan fingerprint density at radius 3 is 2.36 bits per heavy atom. The number of carbonyl (C=O) groups is 2. The molecule has 0 aliphatic heterocycles. The number of hydrogen-bond acceptors (Lipinski definition) is 3. The van der Waals surface area contributed by atoms with Gasteiger partial charge in [-0.1, -0.05) is 38.8 Å². The van der Waals surface area contributed by atoms with E-state index in [4.69, 9.17) is 0 Å². The number of aliphatic hydroxyl groups is 1. The third kappa shape index (κ3) is 5.56. The zero-order valence-corrected chi connectivity index (χ0v) is 15.5. The molecule has 0 bridgehead atoms. The highest BCUT2D eigenvalue weighted by molar-refractivity contribution is 5.94. The smallest absolute Gasteiger partial charge is 0.251 e. The molecule has 2 N–H and O–H groups in total. The summed E-state index contributed by atoms with van der Waals surface area (Å²) < 4.78 is 0. The van der Waals surface area contributed by atoms with Crippen LogP contribution < -0.4 is 5.32 Å². The van der Waals surface area contributed by atoms with Gasteiger partial charge < -0.3 is 15.3 Å². The van der Waals surface area contributed by atoms with Crippen LogP contribution in [0.5, 0.6) is 0 Å². The Balaban J connectivity index is 1.84. The second-order valence-corrected chi connectivity index (χ2v) is 7.37. The summed E-state index contributed by atoms with van der Waals surface area (Å²) in [6.07, 6.45) is 3.99. The van der Waals surface area contributed by atoms with E-state index in [2.05, 4.69) is 5.32 Å². The predicted octanol–water partition coefficient (Wildman–Crippen LogP) is 2.58. The Morgan fingerprint density at radius 1 is 1.20 bits per heavy atom. The first-order valence-electron chi connectivity index (χ1n) is 9.18. The van der Waals surface area contributed by atoms with Gasteiger partial charge in [0.15, 0.2) is 0 Å². The van der Waals surface area contributed by atoms with Gasteiger partial charge in [0.05, 0.1) is 6.10 Å². The molecule has 2 rings (SSSR count). The molecular weight excluding hydrogens is 316 g/mol. The largest absolute Gasteiger partial charge is 0.391 e. The van der Waals surface area contributed by atoms with E-state index in [1.807, 2.05) is 26.0 Å². The summed E-state index contributed by atoms with van der Waals surface area (Å²) in [5.74, 6) is 0.219. The van der Waals surface area contributed by atoms with Gasteiger partial charge in [-0.3, -0.25) is 9.59 Å². The van der Waals surface area contributed by atoms with Crippen molar-refractivity contribution in [1.29, 1.82) is 0 Å². The van der Waals surface area contributed by atoms with Crippen LogP contribution in [0.1, 0.15) is 55.5 Å². The molecule has 1 atom stereocenters. The Hall–Kier alpha value is -1.88. The Labute approximate surface area is 150 Å². The number of carbonyl (C=O) groups excluding carboxylic acids is 2. The summed E-state index contributed by atoms with van der Waals surface area (Å²) >= 11 is 0. The fourth-order valence-electron chi connectivity index (χ4n) is 3.36. The predicted molar refractivity (Wildman–Crippen MR) is 98.1 cm³/mol. The molecule has 0 saturated heterocycles. The van der Waals surface area contributed by atoms with E-state index < -0.39 is 6.10 Å². The monoisotopic (exact) mass is 346 g/mol. The number of rotatable bonds is 7. The summed E-state index contributed by atoms with van der Waals surface area (Å²) in [4.78, 5) is 25.8. The van der Waals surface area contributed by atoms with E-state index in [0.717, 1.165) is 18.4 Å². The van der Waals surface area contributed by atoms with Gasteiger partial charge >= 0.3 is 0 Å². The SMILES string of the molecule is CC(C)C(=O)N(C)Cc1ccc(C(=O)NCC(O)C2CCCC2)cc1. The minimum Gasteiger partial charge on any atom is -0.391 e. The highest BCUT2D eigenvalue weighted by atomic mass is 16.3. The van der Waals surface area contributed by atoms with Gasteiger partial charge in [0, 0.05) is 31.6 Å². The van der Waals surface area contributed by atoms with Gasteiger partial charge in [0.2, 0.25) is 5.91 Å². The first-order valence-corrected chi connectivity index (χ1v) is 9.18. The number of aliphatic hydroxyl groups excluding tert-OH is 1. The Morgan fingerprint density at radius 2 is 1.80 bits per heavy atom. The van der Waals surface area contributed by atoms with E-state index in [1.54, 1.807) is 24.1 Å². The van der Waals surface area contributed by atoms with Crippen LogP contribution >= 0.6 is 0 Å². The summed E-state index contributed by atoms with van der Waals surface area (Å²) in [7, 11) is 1.79. The van der Waals surface area contributed by atoms with Gasteiger partial charge in [-0.15, -0.1) is 0 Å². The quantitative estimate of drug-likeness (QED) is 0.797. The molecule has 0 heterocycles. The van der Waals surface area contributed by atoms with Gasteiger partial charge in [-0.05, 0) is 36.5 Å². The molecule has 2 amide bonds. The molecule has 1 fully saturated rings. The summed E-state index contributed by atoms with van der Waals surface area (Å²) in [5, 5.41) is 12.9. The fourth-order valence-corrected chi connectivity index (χ4v) is 3.36. The van der Waals surface area contributed by atoms with Crippen LogP contribution in [0.25, 0.3) is 0 Å².